The maximum atomic E-state index is 13.3. The number of imide groups is 1. The van der Waals surface area contributed by atoms with Gasteiger partial charge in [-0.15, -0.1) is 0 Å². The maximum absolute atomic E-state index is 13.3. The summed E-state index contributed by atoms with van der Waals surface area (Å²) >= 11 is 6.33. The fourth-order valence-electron chi connectivity index (χ4n) is 4.07. The Morgan fingerprint density at radius 3 is 2.21 bits per heavy atom. The Morgan fingerprint density at radius 2 is 1.62 bits per heavy atom. The van der Waals surface area contributed by atoms with Crippen molar-refractivity contribution in [3.05, 3.63) is 70.2 Å². The van der Waals surface area contributed by atoms with E-state index in [-0.39, 0.29) is 43.1 Å². The van der Waals surface area contributed by atoms with Gasteiger partial charge < -0.3 is 10.2 Å². The summed E-state index contributed by atoms with van der Waals surface area (Å²) in [5, 5.41) is 3.40. The van der Waals surface area contributed by atoms with Crippen molar-refractivity contribution in [3.63, 3.8) is 0 Å². The molecule has 0 fully saturated rings. The summed E-state index contributed by atoms with van der Waals surface area (Å²) in [5.41, 5.74) is 1.52. The van der Waals surface area contributed by atoms with Gasteiger partial charge in [0.15, 0.2) is 0 Å². The second kappa shape index (κ2) is 11.8. The van der Waals surface area contributed by atoms with Gasteiger partial charge >= 0.3 is 0 Å². The second-order valence-electron chi connectivity index (χ2n) is 8.24. The molecule has 8 heteroatoms. The van der Waals surface area contributed by atoms with Crippen molar-refractivity contribution in [2.45, 2.75) is 52.1 Å². The number of carbonyl (C=O) groups is 4. The summed E-state index contributed by atoms with van der Waals surface area (Å²) in [5.74, 6) is -1.11. The van der Waals surface area contributed by atoms with E-state index in [1.807, 2.05) is 32.0 Å². The first kappa shape index (κ1) is 25.4. The van der Waals surface area contributed by atoms with E-state index in [0.717, 1.165) is 12.0 Å². The van der Waals surface area contributed by atoms with Crippen molar-refractivity contribution >= 4 is 35.2 Å². The lowest BCUT2D eigenvalue weighted by Gasteiger charge is -2.31. The van der Waals surface area contributed by atoms with Gasteiger partial charge in [0.25, 0.3) is 11.8 Å². The van der Waals surface area contributed by atoms with Crippen molar-refractivity contribution in [2.75, 3.05) is 13.1 Å². The van der Waals surface area contributed by atoms with E-state index < -0.39 is 6.04 Å². The summed E-state index contributed by atoms with van der Waals surface area (Å²) in [7, 11) is 0. The molecule has 0 saturated heterocycles. The van der Waals surface area contributed by atoms with Gasteiger partial charge in [0.2, 0.25) is 11.8 Å². The van der Waals surface area contributed by atoms with Crippen LogP contribution in [0.25, 0.3) is 0 Å². The molecule has 0 aromatic heterocycles. The number of hydrogen-bond acceptors (Lipinski definition) is 4. The third-order valence-electron chi connectivity index (χ3n) is 5.88. The predicted molar refractivity (Wildman–Crippen MR) is 130 cm³/mol. The first-order chi connectivity index (χ1) is 16.4. The fourth-order valence-corrected chi connectivity index (χ4v) is 4.27. The molecule has 4 amide bonds. The number of fused-ring (bicyclic) bond motifs is 1. The van der Waals surface area contributed by atoms with E-state index in [1.54, 1.807) is 35.2 Å². The highest BCUT2D eigenvalue weighted by Crippen LogP contribution is 2.24. The molecule has 2 aromatic rings. The third kappa shape index (κ3) is 5.65. The van der Waals surface area contributed by atoms with Crippen LogP contribution >= 0.6 is 11.6 Å². The highest BCUT2D eigenvalue weighted by Gasteiger charge is 2.35. The van der Waals surface area contributed by atoms with Crippen molar-refractivity contribution in [3.8, 4) is 0 Å². The monoisotopic (exact) mass is 483 g/mol. The molecule has 0 bridgehead atoms. The van der Waals surface area contributed by atoms with Crippen LogP contribution in [0.2, 0.25) is 5.02 Å². The van der Waals surface area contributed by atoms with E-state index in [2.05, 4.69) is 5.32 Å². The molecule has 180 valence electrons. The Morgan fingerprint density at radius 1 is 1.00 bits per heavy atom. The third-order valence-corrected chi connectivity index (χ3v) is 6.25. The zero-order valence-electron chi connectivity index (χ0n) is 19.6. The molecule has 0 radical (unpaired) electrons. The van der Waals surface area contributed by atoms with Crippen LogP contribution in [-0.2, 0) is 16.1 Å². The van der Waals surface area contributed by atoms with Gasteiger partial charge in [0, 0.05) is 31.1 Å². The molecule has 1 aliphatic rings. The van der Waals surface area contributed by atoms with Gasteiger partial charge in [-0.2, -0.15) is 0 Å². The standard InChI is InChI=1S/C26H30ClN3O4/c1-3-15-28-24(32)22(4-2)30(17-18-10-5-8-13-21(18)27)23(31)14-9-16-29-25(33)19-11-6-7-12-20(19)26(29)34/h5-8,10-13,22H,3-4,9,14-17H2,1-2H3,(H,28,32)/t22-/m0/s1. The Hall–Kier alpha value is -3.19. The first-order valence-corrected chi connectivity index (χ1v) is 12.0. The molecular formula is C26H30ClN3O4. The zero-order chi connectivity index (χ0) is 24.7. The first-order valence-electron chi connectivity index (χ1n) is 11.6. The number of nitrogens with one attached hydrogen (secondary N) is 1. The van der Waals surface area contributed by atoms with Gasteiger partial charge in [-0.25, -0.2) is 0 Å². The summed E-state index contributed by atoms with van der Waals surface area (Å²) < 4.78 is 0. The molecular weight excluding hydrogens is 454 g/mol. The highest BCUT2D eigenvalue weighted by molar-refractivity contribution is 6.31. The van der Waals surface area contributed by atoms with Crippen LogP contribution < -0.4 is 5.32 Å². The molecule has 1 N–H and O–H groups in total. The number of nitrogens with zero attached hydrogens (tertiary/aromatic N) is 2. The lowest BCUT2D eigenvalue weighted by molar-refractivity contribution is -0.141. The Bertz CT molecular complexity index is 1040. The number of halogens is 1. The van der Waals surface area contributed by atoms with E-state index in [4.69, 9.17) is 11.6 Å². The smallest absolute Gasteiger partial charge is 0.261 e. The van der Waals surface area contributed by atoms with Crippen molar-refractivity contribution in [1.82, 2.24) is 15.1 Å². The average Bonchev–Trinajstić information content (AvgIpc) is 3.08. The molecule has 1 heterocycles. The quantitative estimate of drug-likeness (QED) is 0.488. The molecule has 0 saturated carbocycles. The van der Waals surface area contributed by atoms with Crippen LogP contribution in [0, 0.1) is 0 Å². The zero-order valence-corrected chi connectivity index (χ0v) is 20.3. The van der Waals surface area contributed by atoms with Crippen molar-refractivity contribution < 1.29 is 19.2 Å². The SMILES string of the molecule is CCCNC(=O)[C@H](CC)N(Cc1ccccc1Cl)C(=O)CCCN1C(=O)c2ccccc2C1=O. The van der Waals surface area contributed by atoms with Crippen molar-refractivity contribution in [1.29, 1.82) is 0 Å². The minimum atomic E-state index is -0.644. The van der Waals surface area contributed by atoms with E-state index in [9.17, 15) is 19.2 Å². The van der Waals surface area contributed by atoms with Crippen LogP contribution in [0.4, 0.5) is 0 Å². The summed E-state index contributed by atoms with van der Waals surface area (Å²) in [4.78, 5) is 54.0. The highest BCUT2D eigenvalue weighted by atomic mass is 35.5. The van der Waals surface area contributed by atoms with Crippen molar-refractivity contribution in [2.24, 2.45) is 0 Å². The lowest BCUT2D eigenvalue weighted by Crippen LogP contribution is -2.49. The Labute approximate surface area is 205 Å². The molecule has 0 unspecified atom stereocenters. The fraction of sp³-hybridized carbons (Fsp3) is 0.385. The topological polar surface area (TPSA) is 86.8 Å². The van der Waals surface area contributed by atoms with E-state index >= 15 is 0 Å². The van der Waals surface area contributed by atoms with Gasteiger partial charge in [0.05, 0.1) is 11.1 Å². The second-order valence-corrected chi connectivity index (χ2v) is 8.65. The molecule has 34 heavy (non-hydrogen) atoms. The molecule has 2 aromatic carbocycles. The summed E-state index contributed by atoms with van der Waals surface area (Å²) in [6, 6.07) is 13.3. The van der Waals surface area contributed by atoms with Gasteiger partial charge in [-0.3, -0.25) is 24.1 Å². The number of amides is 4. The van der Waals surface area contributed by atoms with Gasteiger partial charge in [-0.1, -0.05) is 55.8 Å². The predicted octanol–water partition coefficient (Wildman–Crippen LogP) is 4.05. The Balaban J connectivity index is 1.71. The van der Waals surface area contributed by atoms with Crippen LogP contribution in [0.1, 0.15) is 65.8 Å². The van der Waals surface area contributed by atoms with E-state index in [0.29, 0.717) is 35.5 Å². The minimum absolute atomic E-state index is 0.0927. The lowest BCUT2D eigenvalue weighted by atomic mass is 10.1. The maximum Gasteiger partial charge on any atom is 0.261 e. The molecule has 1 aliphatic heterocycles. The van der Waals surface area contributed by atoms with Gasteiger partial charge in [-0.05, 0) is 43.0 Å². The summed E-state index contributed by atoms with van der Waals surface area (Å²) in [6.45, 7) is 4.69. The van der Waals surface area contributed by atoms with Crippen LogP contribution in [0.3, 0.4) is 0 Å². The number of benzene rings is 2. The molecule has 7 nitrogen and oxygen atoms in total. The number of hydrogen-bond donors (Lipinski definition) is 1. The van der Waals surface area contributed by atoms with Gasteiger partial charge in [0.1, 0.15) is 6.04 Å². The normalized spacial score (nSPS) is 13.6. The Kier molecular flexibility index (Phi) is 8.82. The summed E-state index contributed by atoms with van der Waals surface area (Å²) in [6.07, 6.45) is 1.64. The van der Waals surface area contributed by atoms with Crippen LogP contribution in [-0.4, -0.2) is 52.6 Å². The molecule has 0 aliphatic carbocycles. The van der Waals surface area contributed by atoms with Crippen LogP contribution in [0.5, 0.6) is 0 Å². The minimum Gasteiger partial charge on any atom is -0.354 e. The number of rotatable bonds is 11. The van der Waals surface area contributed by atoms with E-state index in [1.165, 1.54) is 4.90 Å². The molecule has 3 rings (SSSR count). The largest absolute Gasteiger partial charge is 0.354 e. The average molecular weight is 484 g/mol. The molecule has 0 spiro atoms. The number of carbonyl (C=O) groups excluding carboxylic acids is 4. The molecule has 1 atom stereocenters. The van der Waals surface area contributed by atoms with Crippen LogP contribution in [0.15, 0.2) is 48.5 Å².